The fourth-order valence-corrected chi connectivity index (χ4v) is 5.18. The Kier molecular flexibility index (Phi) is 7.65. The van der Waals surface area contributed by atoms with E-state index in [1.165, 1.54) is 5.56 Å². The second-order valence-electron chi connectivity index (χ2n) is 9.23. The van der Waals surface area contributed by atoms with Crippen LogP contribution in [0.3, 0.4) is 0 Å². The van der Waals surface area contributed by atoms with Gasteiger partial charge in [0, 0.05) is 44.0 Å². The smallest absolute Gasteiger partial charge is 0.344 e. The number of aromatic amines is 1. The number of aryl methyl sites for hydroxylation is 1. The SMILES string of the molecule is CCOC(=O)COc1c(C)cc2cccnc2c1N1CCCN(C(c2ccccc2)c2cc[nH]n2)CC1. The van der Waals surface area contributed by atoms with Crippen LogP contribution in [0.5, 0.6) is 5.75 Å². The number of esters is 1. The number of hydrogen-bond donors (Lipinski definition) is 1. The first-order valence-corrected chi connectivity index (χ1v) is 12.9. The summed E-state index contributed by atoms with van der Waals surface area (Å²) in [6, 6.07) is 18.8. The molecule has 1 aliphatic rings. The molecule has 1 aliphatic heterocycles. The third kappa shape index (κ3) is 5.44. The fraction of sp³-hybridized carbons (Fsp3) is 0.345. The summed E-state index contributed by atoms with van der Waals surface area (Å²) in [4.78, 5) is 21.7. The number of benzene rings is 2. The van der Waals surface area contributed by atoms with Crippen LogP contribution in [-0.2, 0) is 9.53 Å². The van der Waals surface area contributed by atoms with Crippen molar-refractivity contribution in [3.63, 3.8) is 0 Å². The van der Waals surface area contributed by atoms with E-state index < -0.39 is 0 Å². The summed E-state index contributed by atoms with van der Waals surface area (Å²) < 4.78 is 11.2. The van der Waals surface area contributed by atoms with Gasteiger partial charge < -0.3 is 14.4 Å². The maximum Gasteiger partial charge on any atom is 0.344 e. The monoisotopic (exact) mass is 499 g/mol. The third-order valence-electron chi connectivity index (χ3n) is 6.78. The lowest BCUT2D eigenvalue weighted by atomic mass is 10.0. The lowest BCUT2D eigenvalue weighted by Crippen LogP contribution is -2.34. The number of pyridine rings is 1. The zero-order valence-corrected chi connectivity index (χ0v) is 21.4. The van der Waals surface area contributed by atoms with Gasteiger partial charge in [-0.25, -0.2) is 4.79 Å². The van der Waals surface area contributed by atoms with E-state index in [9.17, 15) is 4.79 Å². The molecule has 1 unspecified atom stereocenters. The molecule has 1 fully saturated rings. The second-order valence-corrected chi connectivity index (χ2v) is 9.23. The molecule has 5 rings (SSSR count). The Balaban J connectivity index is 1.46. The van der Waals surface area contributed by atoms with E-state index in [0.29, 0.717) is 12.4 Å². The predicted octanol–water partition coefficient (Wildman–Crippen LogP) is 4.51. The zero-order chi connectivity index (χ0) is 25.6. The molecule has 0 amide bonds. The van der Waals surface area contributed by atoms with Gasteiger partial charge in [-0.3, -0.25) is 15.0 Å². The second kappa shape index (κ2) is 11.4. The summed E-state index contributed by atoms with van der Waals surface area (Å²) in [5.41, 5.74) is 5.04. The number of ether oxygens (including phenoxy) is 2. The zero-order valence-electron chi connectivity index (χ0n) is 21.4. The first kappa shape index (κ1) is 24.8. The number of hydrogen-bond acceptors (Lipinski definition) is 7. The fourth-order valence-electron chi connectivity index (χ4n) is 5.18. The van der Waals surface area contributed by atoms with Crippen molar-refractivity contribution in [2.75, 3.05) is 44.3 Å². The van der Waals surface area contributed by atoms with Crippen LogP contribution in [0.25, 0.3) is 10.9 Å². The topological polar surface area (TPSA) is 83.6 Å². The highest BCUT2D eigenvalue weighted by Gasteiger charge is 2.28. The van der Waals surface area contributed by atoms with Crippen LogP contribution in [0.4, 0.5) is 5.69 Å². The van der Waals surface area contributed by atoms with E-state index >= 15 is 0 Å². The maximum atomic E-state index is 12.1. The van der Waals surface area contributed by atoms with Crippen molar-refractivity contribution in [3.8, 4) is 5.75 Å². The molecule has 1 atom stereocenters. The Morgan fingerprint density at radius 2 is 1.95 bits per heavy atom. The standard InChI is InChI=1S/C29H33N5O3/c1-3-36-25(35)20-37-29-21(2)19-23-11-7-13-30-26(23)28(29)34-16-8-15-33(17-18-34)27(24-12-14-31-32-24)22-9-5-4-6-10-22/h4-7,9-14,19,27H,3,8,15-18,20H2,1-2H3,(H,31,32). The highest BCUT2D eigenvalue weighted by molar-refractivity contribution is 5.95. The summed E-state index contributed by atoms with van der Waals surface area (Å²) in [7, 11) is 0. The van der Waals surface area contributed by atoms with Crippen LogP contribution in [0.2, 0.25) is 0 Å². The summed E-state index contributed by atoms with van der Waals surface area (Å²) in [5.74, 6) is 0.320. The van der Waals surface area contributed by atoms with Crippen molar-refractivity contribution in [2.24, 2.45) is 0 Å². The average molecular weight is 500 g/mol. The molecule has 192 valence electrons. The molecule has 1 N–H and O–H groups in total. The molecular formula is C29H33N5O3. The van der Waals surface area contributed by atoms with E-state index in [-0.39, 0.29) is 18.6 Å². The van der Waals surface area contributed by atoms with Gasteiger partial charge in [-0.15, -0.1) is 0 Å². The van der Waals surface area contributed by atoms with E-state index in [0.717, 1.165) is 60.4 Å². The van der Waals surface area contributed by atoms with Crippen LogP contribution in [0.1, 0.15) is 36.2 Å². The predicted molar refractivity (Wildman–Crippen MR) is 144 cm³/mol. The summed E-state index contributed by atoms with van der Waals surface area (Å²) in [6.45, 7) is 7.42. The van der Waals surface area contributed by atoms with Crippen LogP contribution >= 0.6 is 0 Å². The normalized spacial score (nSPS) is 15.4. The van der Waals surface area contributed by atoms with Crippen molar-refractivity contribution in [1.29, 1.82) is 0 Å². The Hall–Kier alpha value is -3.91. The molecule has 0 aliphatic carbocycles. The minimum atomic E-state index is -0.374. The van der Waals surface area contributed by atoms with Crippen molar-refractivity contribution in [1.82, 2.24) is 20.1 Å². The van der Waals surface area contributed by atoms with E-state index in [1.807, 2.05) is 31.5 Å². The molecule has 8 nitrogen and oxygen atoms in total. The van der Waals surface area contributed by atoms with Gasteiger partial charge >= 0.3 is 5.97 Å². The van der Waals surface area contributed by atoms with Crippen molar-refractivity contribution < 1.29 is 14.3 Å². The number of anilines is 1. The van der Waals surface area contributed by atoms with Gasteiger partial charge in [0.15, 0.2) is 6.61 Å². The molecule has 37 heavy (non-hydrogen) atoms. The summed E-state index contributed by atoms with van der Waals surface area (Å²) >= 11 is 0. The number of carbonyl (C=O) groups is 1. The highest BCUT2D eigenvalue weighted by Crippen LogP contribution is 2.39. The minimum Gasteiger partial charge on any atom is -0.479 e. The molecule has 4 aromatic rings. The minimum absolute atomic E-state index is 0.0688. The van der Waals surface area contributed by atoms with Crippen molar-refractivity contribution in [3.05, 3.63) is 83.8 Å². The van der Waals surface area contributed by atoms with E-state index in [4.69, 9.17) is 14.5 Å². The Bertz CT molecular complexity index is 1330. The highest BCUT2D eigenvalue weighted by atomic mass is 16.6. The molecule has 0 radical (unpaired) electrons. The number of nitrogens with one attached hydrogen (secondary N) is 1. The number of rotatable bonds is 8. The Morgan fingerprint density at radius 3 is 2.73 bits per heavy atom. The van der Waals surface area contributed by atoms with E-state index in [2.05, 4.69) is 62.5 Å². The van der Waals surface area contributed by atoms with Gasteiger partial charge in [0.05, 0.1) is 23.9 Å². The molecule has 0 spiro atoms. The van der Waals surface area contributed by atoms with Crippen LogP contribution in [0, 0.1) is 6.92 Å². The molecular weight excluding hydrogens is 466 g/mol. The first-order chi connectivity index (χ1) is 18.2. The van der Waals surface area contributed by atoms with Crippen molar-refractivity contribution >= 4 is 22.6 Å². The average Bonchev–Trinajstić information content (AvgIpc) is 3.33. The number of H-pyrrole nitrogens is 1. The number of fused-ring (bicyclic) bond motifs is 1. The van der Waals surface area contributed by atoms with Gasteiger partial charge in [0.2, 0.25) is 0 Å². The third-order valence-corrected chi connectivity index (χ3v) is 6.78. The lowest BCUT2D eigenvalue weighted by Gasteiger charge is -2.31. The first-order valence-electron chi connectivity index (χ1n) is 12.9. The largest absolute Gasteiger partial charge is 0.479 e. The Morgan fingerprint density at radius 1 is 1.08 bits per heavy atom. The number of carbonyl (C=O) groups excluding carboxylic acids is 1. The van der Waals surface area contributed by atoms with E-state index in [1.54, 1.807) is 6.92 Å². The molecule has 1 saturated heterocycles. The number of nitrogens with zero attached hydrogens (tertiary/aromatic N) is 4. The molecule has 0 saturated carbocycles. The van der Waals surface area contributed by atoms with Gasteiger partial charge in [0.1, 0.15) is 11.4 Å². The quantitative estimate of drug-likeness (QED) is 0.357. The van der Waals surface area contributed by atoms with Gasteiger partial charge in [-0.1, -0.05) is 36.4 Å². The molecule has 3 heterocycles. The van der Waals surface area contributed by atoms with Gasteiger partial charge in [-0.2, -0.15) is 5.10 Å². The van der Waals surface area contributed by atoms with Crippen LogP contribution < -0.4 is 9.64 Å². The molecule has 0 bridgehead atoms. The van der Waals surface area contributed by atoms with Crippen molar-refractivity contribution in [2.45, 2.75) is 26.3 Å². The number of aromatic nitrogens is 3. The maximum absolute atomic E-state index is 12.1. The van der Waals surface area contributed by atoms with Gasteiger partial charge in [0.25, 0.3) is 0 Å². The van der Waals surface area contributed by atoms with Crippen LogP contribution in [0.15, 0.2) is 67.0 Å². The van der Waals surface area contributed by atoms with Crippen LogP contribution in [-0.4, -0.2) is 65.4 Å². The molecule has 2 aromatic carbocycles. The molecule has 2 aromatic heterocycles. The lowest BCUT2D eigenvalue weighted by molar-refractivity contribution is -0.145. The van der Waals surface area contributed by atoms with Gasteiger partial charge in [-0.05, 0) is 49.6 Å². The summed E-state index contributed by atoms with van der Waals surface area (Å²) in [5, 5.41) is 8.58. The summed E-state index contributed by atoms with van der Waals surface area (Å²) in [6.07, 6.45) is 4.66. The Labute approximate surface area is 217 Å². The molecule has 8 heteroatoms.